The summed E-state index contributed by atoms with van der Waals surface area (Å²) < 4.78 is 48.5. The van der Waals surface area contributed by atoms with Crippen LogP contribution in [0.1, 0.15) is 34.1 Å². The second kappa shape index (κ2) is 8.74. The van der Waals surface area contributed by atoms with Gasteiger partial charge in [0.15, 0.2) is 0 Å². The van der Waals surface area contributed by atoms with Crippen molar-refractivity contribution in [2.24, 2.45) is 0 Å². The zero-order valence-corrected chi connectivity index (χ0v) is 15.5. The quantitative estimate of drug-likeness (QED) is 0.472. The maximum absolute atomic E-state index is 13.4. The lowest BCUT2D eigenvalue weighted by molar-refractivity contribution is 0.177. The van der Waals surface area contributed by atoms with E-state index in [9.17, 15) is 9.13 Å². The fourth-order valence-electron chi connectivity index (χ4n) is 2.32. The van der Waals surface area contributed by atoms with Gasteiger partial charge in [0.05, 0.1) is 26.4 Å². The molecule has 0 amide bonds. The summed E-state index contributed by atoms with van der Waals surface area (Å²) in [7, 11) is -7.64. The van der Waals surface area contributed by atoms with E-state index >= 15 is 0 Å². The van der Waals surface area contributed by atoms with Gasteiger partial charge in [-0.05, 0) is 40.2 Å². The highest BCUT2D eigenvalue weighted by Gasteiger charge is 2.64. The summed E-state index contributed by atoms with van der Waals surface area (Å²) in [6, 6.07) is 0. The first-order chi connectivity index (χ1) is 10.4. The summed E-state index contributed by atoms with van der Waals surface area (Å²) in [4.78, 5) is 0. The fraction of sp³-hybridized carbons (Fsp3) is 0.846. The SMILES string of the molecule is CCOP(=O)(OCC)C1(P(=O)(OCC)OCC)C=CCCN1. The second-order valence-electron chi connectivity index (χ2n) is 4.51. The van der Waals surface area contributed by atoms with Crippen LogP contribution in [0.15, 0.2) is 12.2 Å². The van der Waals surface area contributed by atoms with Gasteiger partial charge in [-0.1, -0.05) is 6.08 Å². The molecule has 0 saturated heterocycles. The first kappa shape index (κ1) is 20.0. The van der Waals surface area contributed by atoms with E-state index in [1.54, 1.807) is 39.8 Å². The molecule has 9 heteroatoms. The van der Waals surface area contributed by atoms with E-state index in [1.165, 1.54) is 0 Å². The molecule has 0 aliphatic carbocycles. The van der Waals surface area contributed by atoms with E-state index in [2.05, 4.69) is 5.32 Å². The van der Waals surface area contributed by atoms with Gasteiger partial charge in [-0.3, -0.25) is 14.4 Å². The molecule has 1 N–H and O–H groups in total. The average molecular weight is 355 g/mol. The topological polar surface area (TPSA) is 83.1 Å². The maximum atomic E-state index is 13.4. The van der Waals surface area contributed by atoms with Crippen LogP contribution in [-0.4, -0.2) is 38.0 Å². The van der Waals surface area contributed by atoms with Crippen LogP contribution >= 0.6 is 15.2 Å². The third-order valence-electron chi connectivity index (χ3n) is 3.08. The summed E-state index contributed by atoms with van der Waals surface area (Å²) in [5, 5.41) is 1.43. The van der Waals surface area contributed by atoms with E-state index < -0.39 is 20.2 Å². The van der Waals surface area contributed by atoms with Gasteiger partial charge in [0.1, 0.15) is 0 Å². The third-order valence-corrected chi connectivity index (χ3v) is 9.22. The van der Waals surface area contributed by atoms with Crippen LogP contribution in [-0.2, 0) is 27.2 Å². The third kappa shape index (κ3) is 3.73. The van der Waals surface area contributed by atoms with E-state index in [0.29, 0.717) is 6.54 Å². The Bertz CT molecular complexity index is 417. The molecule has 130 valence electrons. The molecule has 1 heterocycles. The van der Waals surface area contributed by atoms with Crippen molar-refractivity contribution in [2.45, 2.75) is 39.1 Å². The molecule has 0 atom stereocenters. The van der Waals surface area contributed by atoms with Crippen LogP contribution in [0.25, 0.3) is 0 Å². The Morgan fingerprint density at radius 3 is 1.59 bits per heavy atom. The van der Waals surface area contributed by atoms with Crippen molar-refractivity contribution in [1.82, 2.24) is 5.32 Å². The molecule has 1 rings (SSSR count). The Hall–Kier alpha value is -0.0000000000000000208. The molecule has 0 unspecified atom stereocenters. The van der Waals surface area contributed by atoms with Crippen molar-refractivity contribution >= 4 is 15.2 Å². The molecule has 0 aromatic carbocycles. The monoisotopic (exact) mass is 355 g/mol. The minimum Gasteiger partial charge on any atom is -0.307 e. The molecule has 0 aromatic rings. The number of rotatable bonds is 10. The second-order valence-corrected chi connectivity index (χ2v) is 9.30. The first-order valence-electron chi connectivity index (χ1n) is 7.66. The number of nitrogens with one attached hydrogen (secondary N) is 1. The summed E-state index contributed by atoms with van der Waals surface area (Å²) in [5.74, 6) is 0. The Kier molecular flexibility index (Phi) is 7.96. The van der Waals surface area contributed by atoms with Gasteiger partial charge in [-0.15, -0.1) is 0 Å². The highest BCUT2D eigenvalue weighted by atomic mass is 31.2. The molecule has 0 saturated carbocycles. The molecular weight excluding hydrogens is 328 g/mol. The summed E-state index contributed by atoms with van der Waals surface area (Å²) in [5.41, 5.74) is 0. The van der Waals surface area contributed by atoms with Crippen molar-refractivity contribution in [3.8, 4) is 0 Å². The van der Waals surface area contributed by atoms with Crippen molar-refractivity contribution in [3.05, 3.63) is 12.2 Å². The Morgan fingerprint density at radius 1 is 0.909 bits per heavy atom. The van der Waals surface area contributed by atoms with E-state index in [1.807, 2.05) is 0 Å². The lowest BCUT2D eigenvalue weighted by Crippen LogP contribution is -2.47. The van der Waals surface area contributed by atoms with Gasteiger partial charge < -0.3 is 18.1 Å². The van der Waals surface area contributed by atoms with Crippen LogP contribution in [0.4, 0.5) is 0 Å². The van der Waals surface area contributed by atoms with E-state index in [4.69, 9.17) is 18.1 Å². The van der Waals surface area contributed by atoms with Gasteiger partial charge in [0, 0.05) is 6.54 Å². The Morgan fingerprint density at radius 2 is 1.32 bits per heavy atom. The maximum Gasteiger partial charge on any atom is 0.366 e. The molecule has 0 fully saturated rings. The van der Waals surface area contributed by atoms with Crippen LogP contribution in [0.5, 0.6) is 0 Å². The molecule has 1 aliphatic rings. The van der Waals surface area contributed by atoms with E-state index in [-0.39, 0.29) is 26.4 Å². The zero-order valence-electron chi connectivity index (χ0n) is 13.7. The lowest BCUT2D eigenvalue weighted by atomic mass is 10.3. The molecule has 0 radical (unpaired) electrons. The zero-order chi connectivity index (χ0) is 16.7. The lowest BCUT2D eigenvalue weighted by Gasteiger charge is -2.42. The van der Waals surface area contributed by atoms with Crippen LogP contribution in [0.3, 0.4) is 0 Å². The predicted octanol–water partition coefficient (Wildman–Crippen LogP) is 3.72. The minimum absolute atomic E-state index is 0.160. The molecule has 7 nitrogen and oxygen atoms in total. The molecule has 22 heavy (non-hydrogen) atoms. The number of hydrogen-bond donors (Lipinski definition) is 1. The normalized spacial score (nSPS) is 18.5. The van der Waals surface area contributed by atoms with Crippen LogP contribution < -0.4 is 5.32 Å². The Balaban J connectivity index is 3.46. The molecule has 0 spiro atoms. The fourth-order valence-corrected chi connectivity index (χ4v) is 7.70. The molecular formula is C13H27NO6P2. The van der Waals surface area contributed by atoms with Crippen molar-refractivity contribution in [1.29, 1.82) is 0 Å². The highest BCUT2D eigenvalue weighted by Crippen LogP contribution is 2.77. The number of hydrogen-bond acceptors (Lipinski definition) is 7. The molecule has 0 bridgehead atoms. The van der Waals surface area contributed by atoms with E-state index in [0.717, 1.165) is 6.42 Å². The standard InChI is InChI=1S/C13H27NO6P2/c1-5-17-21(15,18-6-2)13(11-9-10-12-14-13)22(16,19-7-3)20-8-4/h9,11,14H,5-8,10,12H2,1-4H3. The molecule has 0 aromatic heterocycles. The van der Waals surface area contributed by atoms with Gasteiger partial charge in [-0.25, -0.2) is 0 Å². The first-order valence-corrected chi connectivity index (χ1v) is 10.7. The predicted molar refractivity (Wildman–Crippen MR) is 86.2 cm³/mol. The van der Waals surface area contributed by atoms with Crippen LogP contribution in [0, 0.1) is 0 Å². The van der Waals surface area contributed by atoms with Crippen molar-refractivity contribution in [3.63, 3.8) is 0 Å². The van der Waals surface area contributed by atoms with Gasteiger partial charge in [-0.2, -0.15) is 0 Å². The molecule has 1 aliphatic heterocycles. The van der Waals surface area contributed by atoms with Crippen LogP contribution in [0.2, 0.25) is 0 Å². The summed E-state index contributed by atoms with van der Waals surface area (Å²) in [6.45, 7) is 7.94. The van der Waals surface area contributed by atoms with Crippen molar-refractivity contribution < 1.29 is 27.2 Å². The minimum atomic E-state index is -3.82. The average Bonchev–Trinajstić information content (AvgIpc) is 2.49. The summed E-state index contributed by atoms with van der Waals surface area (Å²) in [6.07, 6.45) is 4.08. The van der Waals surface area contributed by atoms with Crippen molar-refractivity contribution in [2.75, 3.05) is 33.0 Å². The summed E-state index contributed by atoms with van der Waals surface area (Å²) >= 11 is 0. The largest absolute Gasteiger partial charge is 0.366 e. The van der Waals surface area contributed by atoms with Gasteiger partial charge in [0.2, 0.25) is 5.02 Å². The highest BCUT2D eigenvalue weighted by molar-refractivity contribution is 7.74. The van der Waals surface area contributed by atoms with Gasteiger partial charge >= 0.3 is 15.2 Å². The smallest absolute Gasteiger partial charge is 0.307 e. The van der Waals surface area contributed by atoms with Gasteiger partial charge in [0.25, 0.3) is 0 Å². The Labute approximate surface area is 132 Å².